The van der Waals surface area contributed by atoms with E-state index in [-0.39, 0.29) is 0 Å². The predicted octanol–water partition coefficient (Wildman–Crippen LogP) is 1.99. The molecule has 2 aromatic rings. The van der Waals surface area contributed by atoms with E-state index in [0.29, 0.717) is 19.0 Å². The number of pyridine rings is 1. The number of aryl methyl sites for hydroxylation is 1. The van der Waals surface area contributed by atoms with Crippen molar-refractivity contribution in [2.45, 2.75) is 20.5 Å². The number of nitrogens with two attached hydrogens (primary N) is 1. The SMILES string of the molecule is CCOCc1nc2c(I)c(C)nc(N)c2[nH]1. The first-order valence-electron chi connectivity index (χ1n) is 5.01. The van der Waals surface area contributed by atoms with Crippen molar-refractivity contribution in [2.75, 3.05) is 12.3 Å². The molecule has 0 aliphatic rings. The minimum atomic E-state index is 0.472. The molecule has 0 saturated heterocycles. The van der Waals surface area contributed by atoms with Crippen LogP contribution in [-0.2, 0) is 11.3 Å². The molecule has 0 aliphatic heterocycles. The number of hydrogen-bond acceptors (Lipinski definition) is 4. The Morgan fingerprint density at radius 2 is 2.19 bits per heavy atom. The van der Waals surface area contributed by atoms with Crippen molar-refractivity contribution < 1.29 is 4.74 Å². The Balaban J connectivity index is 2.52. The van der Waals surface area contributed by atoms with Crippen molar-refractivity contribution in [3.8, 4) is 0 Å². The Morgan fingerprint density at radius 1 is 1.44 bits per heavy atom. The molecule has 3 N–H and O–H groups in total. The van der Waals surface area contributed by atoms with E-state index in [0.717, 1.165) is 26.1 Å². The molecule has 0 radical (unpaired) electrons. The first-order chi connectivity index (χ1) is 7.63. The van der Waals surface area contributed by atoms with E-state index < -0.39 is 0 Å². The summed E-state index contributed by atoms with van der Waals surface area (Å²) in [5, 5.41) is 0. The summed E-state index contributed by atoms with van der Waals surface area (Å²) in [4.78, 5) is 11.9. The number of hydrogen-bond donors (Lipinski definition) is 2. The van der Waals surface area contributed by atoms with Gasteiger partial charge in [0.15, 0.2) is 0 Å². The van der Waals surface area contributed by atoms with Crippen LogP contribution in [0.25, 0.3) is 11.0 Å². The first kappa shape index (κ1) is 11.6. The molecule has 0 bridgehead atoms. The smallest absolute Gasteiger partial charge is 0.149 e. The van der Waals surface area contributed by atoms with Crippen LogP contribution in [0.1, 0.15) is 18.4 Å². The third-order valence-corrected chi connectivity index (χ3v) is 3.56. The van der Waals surface area contributed by atoms with Gasteiger partial charge in [-0.1, -0.05) is 0 Å². The second-order valence-electron chi connectivity index (χ2n) is 3.44. The molecule has 2 heterocycles. The molecular formula is C10H13IN4O. The predicted molar refractivity (Wildman–Crippen MR) is 71.1 cm³/mol. The van der Waals surface area contributed by atoms with Crippen LogP contribution in [-0.4, -0.2) is 21.6 Å². The minimum Gasteiger partial charge on any atom is -0.382 e. The molecule has 16 heavy (non-hydrogen) atoms. The normalized spacial score (nSPS) is 11.2. The summed E-state index contributed by atoms with van der Waals surface area (Å²) >= 11 is 2.23. The lowest BCUT2D eigenvalue weighted by Crippen LogP contribution is -1.96. The number of ether oxygens (including phenoxy) is 1. The van der Waals surface area contributed by atoms with E-state index in [1.807, 2.05) is 13.8 Å². The van der Waals surface area contributed by atoms with E-state index in [1.165, 1.54) is 0 Å². The summed E-state index contributed by atoms with van der Waals surface area (Å²) < 4.78 is 6.33. The summed E-state index contributed by atoms with van der Waals surface area (Å²) in [5.41, 5.74) is 8.42. The van der Waals surface area contributed by atoms with Gasteiger partial charge in [0.05, 0.1) is 9.26 Å². The van der Waals surface area contributed by atoms with Crippen molar-refractivity contribution in [2.24, 2.45) is 0 Å². The molecule has 0 saturated carbocycles. The van der Waals surface area contributed by atoms with Crippen molar-refractivity contribution in [1.29, 1.82) is 0 Å². The van der Waals surface area contributed by atoms with Crippen LogP contribution in [0.5, 0.6) is 0 Å². The van der Waals surface area contributed by atoms with Crippen LogP contribution in [0.2, 0.25) is 0 Å². The highest BCUT2D eigenvalue weighted by molar-refractivity contribution is 14.1. The van der Waals surface area contributed by atoms with Gasteiger partial charge in [0.2, 0.25) is 0 Å². The molecule has 2 aromatic heterocycles. The van der Waals surface area contributed by atoms with E-state index in [9.17, 15) is 0 Å². The van der Waals surface area contributed by atoms with Crippen LogP contribution < -0.4 is 5.73 Å². The van der Waals surface area contributed by atoms with Crippen molar-refractivity contribution in [1.82, 2.24) is 15.0 Å². The Kier molecular flexibility index (Phi) is 3.29. The van der Waals surface area contributed by atoms with Crippen molar-refractivity contribution in [3.05, 3.63) is 15.1 Å². The maximum atomic E-state index is 5.84. The van der Waals surface area contributed by atoms with Gasteiger partial charge < -0.3 is 15.5 Å². The standard InChI is InChI=1S/C10H13IN4O/c1-3-16-4-6-14-8-7(11)5(2)13-10(12)9(8)15-6/h3-4H2,1-2H3,(H2,12,13)(H,14,15). The number of anilines is 1. The Morgan fingerprint density at radius 3 is 2.88 bits per heavy atom. The van der Waals surface area contributed by atoms with Gasteiger partial charge in [0, 0.05) is 6.61 Å². The molecule has 0 spiro atoms. The summed E-state index contributed by atoms with van der Waals surface area (Å²) in [6.07, 6.45) is 0. The minimum absolute atomic E-state index is 0.472. The van der Waals surface area contributed by atoms with Crippen LogP contribution in [0, 0.1) is 10.5 Å². The van der Waals surface area contributed by atoms with Gasteiger partial charge in [-0.25, -0.2) is 9.97 Å². The molecule has 6 heteroatoms. The Labute approximate surface area is 107 Å². The zero-order valence-electron chi connectivity index (χ0n) is 9.17. The van der Waals surface area contributed by atoms with Crippen molar-refractivity contribution >= 4 is 39.4 Å². The lowest BCUT2D eigenvalue weighted by molar-refractivity contribution is 0.129. The number of rotatable bonds is 3. The topological polar surface area (TPSA) is 76.8 Å². The molecule has 0 atom stereocenters. The molecular weight excluding hydrogens is 319 g/mol. The molecule has 5 nitrogen and oxygen atoms in total. The third kappa shape index (κ3) is 1.99. The van der Waals surface area contributed by atoms with Crippen LogP contribution in [0.3, 0.4) is 0 Å². The second-order valence-corrected chi connectivity index (χ2v) is 4.52. The van der Waals surface area contributed by atoms with E-state index in [2.05, 4.69) is 37.5 Å². The number of imidazole rings is 1. The van der Waals surface area contributed by atoms with Crippen molar-refractivity contribution in [3.63, 3.8) is 0 Å². The van der Waals surface area contributed by atoms with Gasteiger partial charge in [-0.15, -0.1) is 0 Å². The van der Waals surface area contributed by atoms with Crippen LogP contribution >= 0.6 is 22.6 Å². The Hall–Kier alpha value is -0.890. The fourth-order valence-electron chi connectivity index (χ4n) is 1.49. The summed E-state index contributed by atoms with van der Waals surface area (Å²) in [7, 11) is 0. The summed E-state index contributed by atoms with van der Waals surface area (Å²) in [6, 6.07) is 0. The lowest BCUT2D eigenvalue weighted by atomic mass is 10.3. The number of nitrogens with one attached hydrogen (secondary N) is 1. The fourth-order valence-corrected chi connectivity index (χ4v) is 2.00. The number of nitrogen functional groups attached to an aromatic ring is 1. The average Bonchev–Trinajstić information content (AvgIpc) is 2.68. The zero-order chi connectivity index (χ0) is 11.7. The largest absolute Gasteiger partial charge is 0.382 e. The fraction of sp³-hybridized carbons (Fsp3) is 0.400. The van der Waals surface area contributed by atoms with Gasteiger partial charge in [-0.05, 0) is 36.4 Å². The van der Waals surface area contributed by atoms with E-state index >= 15 is 0 Å². The zero-order valence-corrected chi connectivity index (χ0v) is 11.3. The highest BCUT2D eigenvalue weighted by Crippen LogP contribution is 2.24. The van der Waals surface area contributed by atoms with Gasteiger partial charge in [-0.2, -0.15) is 0 Å². The summed E-state index contributed by atoms with van der Waals surface area (Å²) in [5.74, 6) is 1.28. The molecule has 0 unspecified atom stereocenters. The molecule has 0 aliphatic carbocycles. The number of H-pyrrole nitrogens is 1. The molecule has 0 amide bonds. The monoisotopic (exact) mass is 332 g/mol. The van der Waals surface area contributed by atoms with Gasteiger partial charge in [-0.3, -0.25) is 0 Å². The Bertz CT molecular complexity index is 523. The van der Waals surface area contributed by atoms with Gasteiger partial charge in [0.25, 0.3) is 0 Å². The first-order valence-corrected chi connectivity index (χ1v) is 6.09. The highest BCUT2D eigenvalue weighted by Gasteiger charge is 2.12. The number of nitrogens with zero attached hydrogens (tertiary/aromatic N) is 2. The number of halogens is 1. The average molecular weight is 332 g/mol. The quantitative estimate of drug-likeness (QED) is 0.843. The van der Waals surface area contributed by atoms with Crippen LogP contribution in [0.15, 0.2) is 0 Å². The van der Waals surface area contributed by atoms with Crippen LogP contribution in [0.4, 0.5) is 5.82 Å². The summed E-state index contributed by atoms with van der Waals surface area (Å²) in [6.45, 7) is 5.02. The van der Waals surface area contributed by atoms with Gasteiger partial charge in [0.1, 0.15) is 29.3 Å². The third-order valence-electron chi connectivity index (χ3n) is 2.27. The van der Waals surface area contributed by atoms with Gasteiger partial charge >= 0.3 is 0 Å². The van der Waals surface area contributed by atoms with E-state index in [1.54, 1.807) is 0 Å². The number of aromatic nitrogens is 3. The number of aromatic amines is 1. The van der Waals surface area contributed by atoms with E-state index in [4.69, 9.17) is 10.5 Å². The number of fused-ring (bicyclic) bond motifs is 1. The molecule has 0 aromatic carbocycles. The maximum Gasteiger partial charge on any atom is 0.149 e. The second kappa shape index (κ2) is 4.54. The molecule has 86 valence electrons. The molecule has 2 rings (SSSR count). The highest BCUT2D eigenvalue weighted by atomic mass is 127. The lowest BCUT2D eigenvalue weighted by Gasteiger charge is -2.00. The maximum absolute atomic E-state index is 5.84. The molecule has 0 fully saturated rings.